The van der Waals surface area contributed by atoms with E-state index in [0.29, 0.717) is 12.6 Å². The van der Waals surface area contributed by atoms with Crippen LogP contribution in [0.25, 0.3) is 0 Å². The minimum Gasteiger partial charge on any atom is -0.395 e. The van der Waals surface area contributed by atoms with Crippen molar-refractivity contribution in [3.63, 3.8) is 0 Å². The summed E-state index contributed by atoms with van der Waals surface area (Å²) in [7, 11) is 0. The molecule has 1 aliphatic rings. The Morgan fingerprint density at radius 1 is 1.50 bits per heavy atom. The standard InChI is InChI=1S/C14H23N3O/c1-11(15)14(13-7-2-3-8-16-13)17(9-10-18)12-5-4-6-12/h2-3,7-8,11-12,14,18H,4-6,9-10,15H2,1H3. The summed E-state index contributed by atoms with van der Waals surface area (Å²) >= 11 is 0. The summed E-state index contributed by atoms with van der Waals surface area (Å²) in [5.74, 6) is 0. The Kier molecular flexibility index (Phi) is 4.69. The van der Waals surface area contributed by atoms with Gasteiger partial charge in [-0.05, 0) is 31.9 Å². The van der Waals surface area contributed by atoms with Crippen LogP contribution in [0.3, 0.4) is 0 Å². The van der Waals surface area contributed by atoms with E-state index in [1.54, 1.807) is 0 Å². The lowest BCUT2D eigenvalue weighted by molar-refractivity contribution is 0.0486. The van der Waals surface area contributed by atoms with Crippen LogP contribution in [0, 0.1) is 0 Å². The van der Waals surface area contributed by atoms with Gasteiger partial charge in [-0.25, -0.2) is 0 Å². The third kappa shape index (κ3) is 2.88. The van der Waals surface area contributed by atoms with Crippen LogP contribution in [-0.4, -0.2) is 40.2 Å². The lowest BCUT2D eigenvalue weighted by Gasteiger charge is -2.43. The van der Waals surface area contributed by atoms with Gasteiger partial charge in [-0.2, -0.15) is 0 Å². The molecule has 0 bridgehead atoms. The third-order valence-electron chi connectivity index (χ3n) is 3.75. The Morgan fingerprint density at radius 3 is 2.72 bits per heavy atom. The number of nitrogens with two attached hydrogens (primary N) is 1. The lowest BCUT2D eigenvalue weighted by atomic mass is 9.88. The van der Waals surface area contributed by atoms with E-state index in [9.17, 15) is 5.11 Å². The highest BCUT2D eigenvalue weighted by Crippen LogP contribution is 2.32. The maximum atomic E-state index is 9.28. The van der Waals surface area contributed by atoms with E-state index in [2.05, 4.69) is 9.88 Å². The Morgan fingerprint density at radius 2 is 2.28 bits per heavy atom. The Balaban J connectivity index is 2.21. The van der Waals surface area contributed by atoms with Gasteiger partial charge in [-0.3, -0.25) is 9.88 Å². The predicted octanol–water partition coefficient (Wildman–Crippen LogP) is 1.32. The summed E-state index contributed by atoms with van der Waals surface area (Å²) < 4.78 is 0. The van der Waals surface area contributed by atoms with Crippen molar-refractivity contribution in [1.82, 2.24) is 9.88 Å². The molecule has 2 unspecified atom stereocenters. The molecule has 100 valence electrons. The van der Waals surface area contributed by atoms with Crippen LogP contribution in [0.4, 0.5) is 0 Å². The monoisotopic (exact) mass is 249 g/mol. The van der Waals surface area contributed by atoms with Crippen molar-refractivity contribution >= 4 is 0 Å². The molecular weight excluding hydrogens is 226 g/mol. The first-order chi connectivity index (χ1) is 8.74. The van der Waals surface area contributed by atoms with Crippen LogP contribution >= 0.6 is 0 Å². The molecule has 1 aromatic rings. The van der Waals surface area contributed by atoms with Crippen molar-refractivity contribution in [3.8, 4) is 0 Å². The number of nitrogens with zero attached hydrogens (tertiary/aromatic N) is 2. The first-order valence-electron chi connectivity index (χ1n) is 6.77. The number of pyridine rings is 1. The molecule has 1 aliphatic carbocycles. The Bertz CT molecular complexity index is 351. The van der Waals surface area contributed by atoms with Gasteiger partial charge in [0.2, 0.25) is 0 Å². The summed E-state index contributed by atoms with van der Waals surface area (Å²) in [5.41, 5.74) is 7.16. The van der Waals surface area contributed by atoms with Gasteiger partial charge in [0.05, 0.1) is 18.3 Å². The second-order valence-corrected chi connectivity index (χ2v) is 5.10. The molecule has 1 fully saturated rings. The number of hydrogen-bond acceptors (Lipinski definition) is 4. The zero-order valence-corrected chi connectivity index (χ0v) is 11.0. The van der Waals surface area contributed by atoms with Gasteiger partial charge in [0.25, 0.3) is 0 Å². The molecule has 4 nitrogen and oxygen atoms in total. The summed E-state index contributed by atoms with van der Waals surface area (Å²) in [4.78, 5) is 6.77. The molecular formula is C14H23N3O. The first kappa shape index (κ1) is 13.5. The highest BCUT2D eigenvalue weighted by molar-refractivity contribution is 5.12. The molecule has 1 aromatic heterocycles. The van der Waals surface area contributed by atoms with Crippen LogP contribution in [0.1, 0.15) is 37.9 Å². The summed E-state index contributed by atoms with van der Waals surface area (Å²) in [6, 6.07) is 6.60. The van der Waals surface area contributed by atoms with Crippen LogP contribution in [0.2, 0.25) is 0 Å². The highest BCUT2D eigenvalue weighted by Gasteiger charge is 2.33. The minimum atomic E-state index is 0.00653. The molecule has 1 heterocycles. The molecule has 0 amide bonds. The largest absolute Gasteiger partial charge is 0.395 e. The maximum absolute atomic E-state index is 9.28. The fraction of sp³-hybridized carbons (Fsp3) is 0.643. The van der Waals surface area contributed by atoms with Gasteiger partial charge < -0.3 is 10.8 Å². The zero-order chi connectivity index (χ0) is 13.0. The van der Waals surface area contributed by atoms with E-state index in [4.69, 9.17) is 5.73 Å². The average Bonchev–Trinajstić information content (AvgIpc) is 2.28. The topological polar surface area (TPSA) is 62.4 Å². The van der Waals surface area contributed by atoms with Gasteiger partial charge in [-0.15, -0.1) is 0 Å². The molecule has 4 heteroatoms. The van der Waals surface area contributed by atoms with Crippen LogP contribution < -0.4 is 5.73 Å². The van der Waals surface area contributed by atoms with E-state index < -0.39 is 0 Å². The van der Waals surface area contributed by atoms with E-state index in [-0.39, 0.29) is 18.7 Å². The molecule has 0 aromatic carbocycles. The summed E-state index contributed by atoms with van der Waals surface area (Å²) in [5, 5.41) is 9.28. The molecule has 0 saturated heterocycles. The normalized spacial score (nSPS) is 19.6. The second-order valence-electron chi connectivity index (χ2n) is 5.10. The molecule has 0 radical (unpaired) electrons. The predicted molar refractivity (Wildman–Crippen MR) is 72.1 cm³/mol. The zero-order valence-electron chi connectivity index (χ0n) is 11.0. The van der Waals surface area contributed by atoms with E-state index in [1.165, 1.54) is 19.3 Å². The van der Waals surface area contributed by atoms with Crippen LogP contribution in [0.5, 0.6) is 0 Å². The van der Waals surface area contributed by atoms with E-state index in [0.717, 1.165) is 5.69 Å². The molecule has 2 rings (SSSR count). The molecule has 0 spiro atoms. The number of hydrogen-bond donors (Lipinski definition) is 2. The van der Waals surface area contributed by atoms with Crippen molar-refractivity contribution in [2.45, 2.75) is 44.3 Å². The van der Waals surface area contributed by atoms with Gasteiger partial charge >= 0.3 is 0 Å². The number of rotatable bonds is 6. The Labute approximate surface area is 109 Å². The third-order valence-corrected chi connectivity index (χ3v) is 3.75. The van der Waals surface area contributed by atoms with Crippen molar-refractivity contribution in [2.75, 3.05) is 13.2 Å². The lowest BCUT2D eigenvalue weighted by Crippen LogP contribution is -2.49. The number of aliphatic hydroxyl groups is 1. The van der Waals surface area contributed by atoms with Crippen LogP contribution in [0.15, 0.2) is 24.4 Å². The molecule has 0 aliphatic heterocycles. The minimum absolute atomic E-state index is 0.00653. The van der Waals surface area contributed by atoms with E-state index in [1.807, 2.05) is 31.3 Å². The summed E-state index contributed by atoms with van der Waals surface area (Å²) in [6.45, 7) is 2.86. The van der Waals surface area contributed by atoms with Gasteiger partial charge in [0.1, 0.15) is 0 Å². The fourth-order valence-corrected chi connectivity index (χ4v) is 2.67. The van der Waals surface area contributed by atoms with Crippen molar-refractivity contribution in [3.05, 3.63) is 30.1 Å². The summed E-state index contributed by atoms with van der Waals surface area (Å²) in [6.07, 6.45) is 5.50. The maximum Gasteiger partial charge on any atom is 0.0674 e. The van der Waals surface area contributed by atoms with Gasteiger partial charge in [-0.1, -0.05) is 12.5 Å². The first-order valence-corrected chi connectivity index (χ1v) is 6.77. The SMILES string of the molecule is CC(N)C(c1ccccn1)N(CCO)C1CCC1. The second kappa shape index (κ2) is 6.27. The molecule has 3 N–H and O–H groups in total. The van der Waals surface area contributed by atoms with Crippen molar-refractivity contribution in [2.24, 2.45) is 5.73 Å². The molecule has 2 atom stereocenters. The smallest absolute Gasteiger partial charge is 0.0674 e. The van der Waals surface area contributed by atoms with Gasteiger partial charge in [0, 0.05) is 24.8 Å². The van der Waals surface area contributed by atoms with E-state index >= 15 is 0 Å². The van der Waals surface area contributed by atoms with Gasteiger partial charge in [0.15, 0.2) is 0 Å². The highest BCUT2D eigenvalue weighted by atomic mass is 16.3. The van der Waals surface area contributed by atoms with Crippen molar-refractivity contribution < 1.29 is 5.11 Å². The fourth-order valence-electron chi connectivity index (χ4n) is 2.67. The molecule has 1 saturated carbocycles. The van der Waals surface area contributed by atoms with Crippen molar-refractivity contribution in [1.29, 1.82) is 0 Å². The number of aromatic nitrogens is 1. The quantitative estimate of drug-likeness (QED) is 0.798. The van der Waals surface area contributed by atoms with Crippen LogP contribution in [-0.2, 0) is 0 Å². The Hall–Kier alpha value is -0.970. The average molecular weight is 249 g/mol. The molecule has 18 heavy (non-hydrogen) atoms. The number of aliphatic hydroxyl groups excluding tert-OH is 1.